The van der Waals surface area contributed by atoms with Crippen LogP contribution in [0.4, 0.5) is 0 Å². The van der Waals surface area contributed by atoms with Gasteiger partial charge in [0.15, 0.2) is 0 Å². The SMILES string of the molecule is CCCCCC[C@H]1OC(=O)CNC(=O)[C@H]([C@H](C)O)NC(=O)[C@H](CO)NC(=O)[C@H]([C@H](C)CC)NC(=O)[C@H](CC(C)C)N(C)[C@@H](O)[C@@H]1C. The standard InChI is InChI=1S/C32H59N5O9/c1-9-11-12-13-14-24-20(6)32(45)37(8)23(15-18(3)4)29(42)35-26(19(5)10-2)31(44)34-22(17-38)28(41)36-27(21(7)39)30(43)33-16-25(40)46-24/h18-24,26-27,32,38-39,45H,9-17H2,1-8H3,(H,33,43)(H,34,44)(H,35,42)(H,36,41)/t19-,20-,21+,22+,23+,24-,26+,27+,32+/m1/s1. The van der Waals surface area contributed by atoms with Crippen LogP contribution in [0.25, 0.3) is 0 Å². The van der Waals surface area contributed by atoms with E-state index < -0.39 is 91.3 Å². The van der Waals surface area contributed by atoms with Crippen molar-refractivity contribution >= 4 is 29.6 Å². The highest BCUT2D eigenvalue weighted by atomic mass is 16.5. The number of nitrogens with zero attached hydrogens (tertiary/aromatic N) is 1. The van der Waals surface area contributed by atoms with Crippen LogP contribution in [0.3, 0.4) is 0 Å². The zero-order valence-electron chi connectivity index (χ0n) is 28.9. The Labute approximate surface area is 273 Å². The summed E-state index contributed by atoms with van der Waals surface area (Å²) in [6.07, 6.45) is 1.52. The highest BCUT2D eigenvalue weighted by molar-refractivity contribution is 5.95. The highest BCUT2D eigenvalue weighted by Crippen LogP contribution is 2.24. The van der Waals surface area contributed by atoms with E-state index in [0.29, 0.717) is 19.3 Å². The van der Waals surface area contributed by atoms with Crippen molar-refractivity contribution in [1.29, 1.82) is 0 Å². The lowest BCUT2D eigenvalue weighted by molar-refractivity contribution is -0.161. The third-order valence-corrected chi connectivity index (χ3v) is 8.67. The smallest absolute Gasteiger partial charge is 0.325 e. The first-order chi connectivity index (χ1) is 21.6. The maximum atomic E-state index is 13.8. The van der Waals surface area contributed by atoms with Crippen LogP contribution in [0.15, 0.2) is 0 Å². The number of amides is 4. The fraction of sp³-hybridized carbons (Fsp3) is 0.844. The fourth-order valence-corrected chi connectivity index (χ4v) is 5.40. The second-order valence-corrected chi connectivity index (χ2v) is 13.0. The second kappa shape index (κ2) is 20.4. The van der Waals surface area contributed by atoms with Crippen LogP contribution in [0, 0.1) is 17.8 Å². The summed E-state index contributed by atoms with van der Waals surface area (Å²) < 4.78 is 5.77. The van der Waals surface area contributed by atoms with Crippen molar-refractivity contribution in [1.82, 2.24) is 26.2 Å². The van der Waals surface area contributed by atoms with Crippen LogP contribution < -0.4 is 21.3 Å². The van der Waals surface area contributed by atoms with Crippen LogP contribution in [0.1, 0.15) is 93.4 Å². The van der Waals surface area contributed by atoms with Crippen molar-refractivity contribution in [2.24, 2.45) is 17.8 Å². The Hall–Kier alpha value is -2.81. The molecule has 0 spiro atoms. The number of likely N-dealkylation sites (N-methyl/N-ethyl adjacent to an activating group) is 1. The number of unbranched alkanes of at least 4 members (excludes halogenated alkanes) is 3. The molecular weight excluding hydrogens is 598 g/mol. The van der Waals surface area contributed by atoms with Crippen molar-refractivity contribution in [3.8, 4) is 0 Å². The number of ether oxygens (including phenoxy) is 1. The van der Waals surface area contributed by atoms with E-state index in [2.05, 4.69) is 28.2 Å². The van der Waals surface area contributed by atoms with Gasteiger partial charge in [-0.05, 0) is 45.1 Å². The zero-order chi connectivity index (χ0) is 35.1. The molecule has 1 heterocycles. The molecule has 0 aromatic rings. The number of cyclic esters (lactones) is 1. The van der Waals surface area contributed by atoms with Crippen LogP contribution in [0.2, 0.25) is 0 Å². The van der Waals surface area contributed by atoms with Gasteiger partial charge < -0.3 is 41.3 Å². The molecule has 4 amide bonds. The Balaban J connectivity index is 3.61. The van der Waals surface area contributed by atoms with E-state index in [-0.39, 0.29) is 11.8 Å². The third kappa shape index (κ3) is 12.8. The van der Waals surface area contributed by atoms with Crippen molar-refractivity contribution in [3.05, 3.63) is 0 Å². The monoisotopic (exact) mass is 657 g/mol. The minimum atomic E-state index is -1.52. The number of hydrogen-bond acceptors (Lipinski definition) is 10. The highest BCUT2D eigenvalue weighted by Gasteiger charge is 2.38. The lowest BCUT2D eigenvalue weighted by Crippen LogP contribution is -2.61. The first-order valence-electron chi connectivity index (χ1n) is 16.7. The Kier molecular flexibility index (Phi) is 18.3. The molecule has 266 valence electrons. The normalized spacial score (nSPS) is 29.7. The van der Waals surface area contributed by atoms with E-state index >= 15 is 0 Å². The molecule has 0 saturated carbocycles. The molecule has 7 N–H and O–H groups in total. The first-order valence-corrected chi connectivity index (χ1v) is 16.7. The van der Waals surface area contributed by atoms with Gasteiger partial charge >= 0.3 is 5.97 Å². The molecule has 1 saturated heterocycles. The molecule has 1 aliphatic heterocycles. The van der Waals surface area contributed by atoms with Gasteiger partial charge in [-0.2, -0.15) is 0 Å². The van der Waals surface area contributed by atoms with E-state index in [0.717, 1.165) is 25.7 Å². The van der Waals surface area contributed by atoms with Crippen LogP contribution in [0.5, 0.6) is 0 Å². The number of carbonyl (C=O) groups excluding carboxylic acids is 5. The maximum absolute atomic E-state index is 13.8. The molecule has 14 heteroatoms. The first kappa shape index (κ1) is 41.2. The Morgan fingerprint density at radius 2 is 1.52 bits per heavy atom. The summed E-state index contributed by atoms with van der Waals surface area (Å²) in [6.45, 7) is 11.1. The van der Waals surface area contributed by atoms with Gasteiger partial charge in [-0.1, -0.05) is 67.2 Å². The molecular formula is C32H59N5O9. The summed E-state index contributed by atoms with van der Waals surface area (Å²) >= 11 is 0. The number of nitrogens with one attached hydrogen (secondary N) is 4. The van der Waals surface area contributed by atoms with Crippen LogP contribution >= 0.6 is 0 Å². The van der Waals surface area contributed by atoms with Gasteiger partial charge in [0, 0.05) is 5.92 Å². The molecule has 0 radical (unpaired) electrons. The summed E-state index contributed by atoms with van der Waals surface area (Å²) in [4.78, 5) is 67.8. The van der Waals surface area contributed by atoms with E-state index in [1.165, 1.54) is 11.8 Å². The largest absolute Gasteiger partial charge is 0.461 e. The number of aliphatic hydroxyl groups excluding tert-OH is 3. The number of hydrogen-bond donors (Lipinski definition) is 7. The average Bonchev–Trinajstić information content (AvgIpc) is 3.01. The number of rotatable bonds is 11. The molecule has 0 bridgehead atoms. The third-order valence-electron chi connectivity index (χ3n) is 8.67. The topological polar surface area (TPSA) is 207 Å². The zero-order valence-corrected chi connectivity index (χ0v) is 28.9. The van der Waals surface area contributed by atoms with Gasteiger partial charge in [0.1, 0.15) is 37.0 Å². The van der Waals surface area contributed by atoms with Crippen LogP contribution in [-0.4, -0.2) is 113 Å². The summed E-state index contributed by atoms with van der Waals surface area (Å²) in [6, 6.07) is -4.99. The predicted molar refractivity (Wildman–Crippen MR) is 172 cm³/mol. The van der Waals surface area contributed by atoms with Crippen LogP contribution in [-0.2, 0) is 28.7 Å². The molecule has 1 aliphatic rings. The van der Waals surface area contributed by atoms with Gasteiger partial charge in [-0.25, -0.2) is 0 Å². The summed E-state index contributed by atoms with van der Waals surface area (Å²) in [5.74, 6) is -4.82. The fourth-order valence-electron chi connectivity index (χ4n) is 5.40. The minimum absolute atomic E-state index is 0.0359. The molecule has 9 atom stereocenters. The van der Waals surface area contributed by atoms with Crippen molar-refractivity contribution in [2.75, 3.05) is 20.2 Å². The van der Waals surface area contributed by atoms with E-state index in [4.69, 9.17) is 4.74 Å². The second-order valence-electron chi connectivity index (χ2n) is 13.0. The Morgan fingerprint density at radius 3 is 2.07 bits per heavy atom. The maximum Gasteiger partial charge on any atom is 0.325 e. The van der Waals surface area contributed by atoms with E-state index in [1.807, 2.05) is 20.8 Å². The molecule has 0 unspecified atom stereocenters. The molecule has 1 fully saturated rings. The van der Waals surface area contributed by atoms with Gasteiger partial charge in [-0.15, -0.1) is 0 Å². The van der Waals surface area contributed by atoms with Gasteiger partial charge in [0.2, 0.25) is 23.6 Å². The van der Waals surface area contributed by atoms with Crippen molar-refractivity contribution in [2.45, 2.75) is 136 Å². The average molecular weight is 658 g/mol. The number of esters is 1. The van der Waals surface area contributed by atoms with Gasteiger partial charge in [-0.3, -0.25) is 28.9 Å². The van der Waals surface area contributed by atoms with E-state index in [9.17, 15) is 39.3 Å². The quantitative estimate of drug-likeness (QED) is 0.118. The van der Waals surface area contributed by atoms with Crippen molar-refractivity contribution in [3.63, 3.8) is 0 Å². The molecule has 0 aromatic carbocycles. The summed E-state index contributed by atoms with van der Waals surface area (Å²) in [5, 5.41) is 41.7. The Bertz CT molecular complexity index is 995. The lowest BCUT2D eigenvalue weighted by Gasteiger charge is -2.38. The summed E-state index contributed by atoms with van der Waals surface area (Å²) in [5.41, 5.74) is 0. The molecule has 14 nitrogen and oxygen atoms in total. The molecule has 46 heavy (non-hydrogen) atoms. The Morgan fingerprint density at radius 1 is 0.891 bits per heavy atom. The van der Waals surface area contributed by atoms with Gasteiger partial charge in [0.05, 0.1) is 18.8 Å². The minimum Gasteiger partial charge on any atom is -0.461 e. The molecule has 0 aliphatic carbocycles. The molecule has 0 aromatic heterocycles. The number of aliphatic hydroxyl groups is 3. The summed E-state index contributed by atoms with van der Waals surface area (Å²) in [7, 11) is 1.60. The predicted octanol–water partition coefficient (Wildman–Crippen LogP) is 0.173. The molecule has 1 rings (SSSR count). The van der Waals surface area contributed by atoms with Crippen molar-refractivity contribution < 1.29 is 44.0 Å². The number of carbonyl (C=O) groups is 5. The van der Waals surface area contributed by atoms with Gasteiger partial charge in [0.25, 0.3) is 0 Å². The van der Waals surface area contributed by atoms with E-state index in [1.54, 1.807) is 20.9 Å². The lowest BCUT2D eigenvalue weighted by atomic mass is 9.93.